The molecule has 2 aromatic rings. The predicted octanol–water partition coefficient (Wildman–Crippen LogP) is 5.68. The minimum atomic E-state index is 0.325. The number of ether oxygens (including phenoxy) is 1. The Hall–Kier alpha value is -0.480. The second kappa shape index (κ2) is 6.11. The summed E-state index contributed by atoms with van der Waals surface area (Å²) in [6.45, 7) is 0. The third-order valence-electron chi connectivity index (χ3n) is 2.13. The van der Waals surface area contributed by atoms with Gasteiger partial charge in [0.1, 0.15) is 11.5 Å². The molecule has 0 aliphatic heterocycles. The van der Waals surface area contributed by atoms with Gasteiger partial charge in [-0.1, -0.05) is 23.2 Å². The number of hydrogen-bond donors (Lipinski definition) is 0. The number of alkyl halides is 1. The third kappa shape index (κ3) is 3.29. The van der Waals surface area contributed by atoms with E-state index in [4.69, 9.17) is 39.5 Å². The van der Waals surface area contributed by atoms with E-state index in [1.54, 1.807) is 30.5 Å². The lowest BCUT2D eigenvalue weighted by molar-refractivity contribution is 0.481. The lowest BCUT2D eigenvalue weighted by Crippen LogP contribution is -1.89. The van der Waals surface area contributed by atoms with E-state index in [2.05, 4.69) is 20.9 Å². The number of aromatic nitrogens is 1. The van der Waals surface area contributed by atoms with Crippen molar-refractivity contribution in [2.24, 2.45) is 0 Å². The molecule has 0 fully saturated rings. The Labute approximate surface area is 128 Å². The molecule has 0 saturated carbocycles. The molecule has 2 nitrogen and oxygen atoms in total. The molecule has 1 aromatic carbocycles. The molecule has 6 heteroatoms. The molecule has 0 spiro atoms. The number of nitrogens with zero attached hydrogens (tertiary/aromatic N) is 1. The van der Waals surface area contributed by atoms with Crippen LogP contribution in [0.3, 0.4) is 0 Å². The van der Waals surface area contributed by atoms with Crippen LogP contribution in [0, 0.1) is 0 Å². The number of hydrogen-bond acceptors (Lipinski definition) is 2. The van der Waals surface area contributed by atoms with Crippen molar-refractivity contribution in [3.8, 4) is 11.5 Å². The standard InChI is InChI=1S/C12H7BrCl3NO/c13-9-4-11(16)12(5-10(9)15)18-8-1-2-17-7(3-8)6-14/h1-5H,6H2. The highest BCUT2D eigenvalue weighted by molar-refractivity contribution is 9.10. The average Bonchev–Trinajstić information content (AvgIpc) is 2.36. The summed E-state index contributed by atoms with van der Waals surface area (Å²) in [5.74, 6) is 1.42. The van der Waals surface area contributed by atoms with Gasteiger partial charge in [-0.05, 0) is 28.1 Å². The summed E-state index contributed by atoms with van der Waals surface area (Å²) in [5, 5.41) is 0.997. The third-order valence-corrected chi connectivity index (χ3v) is 3.89. The summed E-state index contributed by atoms with van der Waals surface area (Å²) < 4.78 is 6.37. The van der Waals surface area contributed by atoms with Crippen LogP contribution in [0.4, 0.5) is 0 Å². The number of rotatable bonds is 3. The first-order chi connectivity index (χ1) is 8.60. The van der Waals surface area contributed by atoms with Gasteiger partial charge in [0.05, 0.1) is 21.6 Å². The Bertz CT molecular complexity index is 577. The van der Waals surface area contributed by atoms with Crippen molar-refractivity contribution in [2.75, 3.05) is 0 Å². The molecule has 0 bridgehead atoms. The van der Waals surface area contributed by atoms with Gasteiger partial charge in [-0.3, -0.25) is 4.98 Å². The number of benzene rings is 1. The van der Waals surface area contributed by atoms with Gasteiger partial charge in [0.15, 0.2) is 0 Å². The molecule has 1 aromatic heterocycles. The van der Waals surface area contributed by atoms with E-state index in [1.165, 1.54) is 0 Å². The molecule has 0 N–H and O–H groups in total. The van der Waals surface area contributed by atoms with Crippen LogP contribution in [-0.2, 0) is 5.88 Å². The van der Waals surface area contributed by atoms with Gasteiger partial charge in [0.25, 0.3) is 0 Å². The summed E-state index contributed by atoms with van der Waals surface area (Å²) in [6.07, 6.45) is 1.63. The first-order valence-electron chi connectivity index (χ1n) is 4.93. The van der Waals surface area contributed by atoms with Crippen molar-refractivity contribution in [1.82, 2.24) is 4.98 Å². The normalized spacial score (nSPS) is 10.4. The molecule has 0 aliphatic rings. The van der Waals surface area contributed by atoms with E-state index < -0.39 is 0 Å². The zero-order valence-corrected chi connectivity index (χ0v) is 12.8. The highest BCUT2D eigenvalue weighted by Crippen LogP contribution is 2.36. The highest BCUT2D eigenvalue weighted by Gasteiger charge is 2.08. The average molecular weight is 367 g/mol. The Balaban J connectivity index is 2.30. The molecule has 0 unspecified atom stereocenters. The summed E-state index contributed by atoms with van der Waals surface area (Å²) in [5.41, 5.74) is 0.730. The molecule has 2 rings (SSSR count). The van der Waals surface area contributed by atoms with Gasteiger partial charge in [-0.25, -0.2) is 0 Å². The minimum Gasteiger partial charge on any atom is -0.456 e. The lowest BCUT2D eigenvalue weighted by atomic mass is 10.3. The SMILES string of the molecule is ClCc1cc(Oc2cc(Cl)c(Br)cc2Cl)ccn1. The van der Waals surface area contributed by atoms with Crippen LogP contribution in [-0.4, -0.2) is 4.98 Å². The van der Waals surface area contributed by atoms with Gasteiger partial charge in [-0.2, -0.15) is 0 Å². The maximum absolute atomic E-state index is 6.07. The van der Waals surface area contributed by atoms with E-state index in [0.29, 0.717) is 27.4 Å². The van der Waals surface area contributed by atoms with Gasteiger partial charge >= 0.3 is 0 Å². The number of halogens is 4. The molecule has 0 atom stereocenters. The van der Waals surface area contributed by atoms with Crippen molar-refractivity contribution >= 4 is 50.7 Å². The van der Waals surface area contributed by atoms with Gasteiger partial charge in [0, 0.05) is 22.8 Å². The van der Waals surface area contributed by atoms with Crippen molar-refractivity contribution in [3.63, 3.8) is 0 Å². The molecule has 94 valence electrons. The molecule has 0 radical (unpaired) electrons. The summed E-state index contributed by atoms with van der Waals surface area (Å²) in [6, 6.07) is 6.80. The van der Waals surface area contributed by atoms with Crippen LogP contribution in [0.1, 0.15) is 5.69 Å². The zero-order valence-electron chi connectivity index (χ0n) is 8.96. The maximum Gasteiger partial charge on any atom is 0.147 e. The Morgan fingerprint density at radius 2 is 1.94 bits per heavy atom. The van der Waals surface area contributed by atoms with Crippen LogP contribution in [0.5, 0.6) is 11.5 Å². The van der Waals surface area contributed by atoms with Crippen LogP contribution in [0.25, 0.3) is 0 Å². The van der Waals surface area contributed by atoms with E-state index in [9.17, 15) is 0 Å². The molecule has 0 aliphatic carbocycles. The lowest BCUT2D eigenvalue weighted by Gasteiger charge is -2.09. The van der Waals surface area contributed by atoms with E-state index in [-0.39, 0.29) is 0 Å². The molecular formula is C12H7BrCl3NO. The van der Waals surface area contributed by atoms with Crippen LogP contribution < -0.4 is 4.74 Å². The molecule has 18 heavy (non-hydrogen) atoms. The van der Waals surface area contributed by atoms with Gasteiger partial charge < -0.3 is 4.74 Å². The highest BCUT2D eigenvalue weighted by atomic mass is 79.9. The largest absolute Gasteiger partial charge is 0.456 e. The second-order valence-corrected chi connectivity index (χ2v) is 5.35. The summed E-state index contributed by atoms with van der Waals surface area (Å²) >= 11 is 21.1. The fourth-order valence-electron chi connectivity index (χ4n) is 1.30. The van der Waals surface area contributed by atoms with Crippen LogP contribution in [0.2, 0.25) is 10.0 Å². The Kier molecular flexibility index (Phi) is 4.73. The molecule has 0 amide bonds. The molecular weight excluding hydrogens is 360 g/mol. The molecule has 0 saturated heterocycles. The van der Waals surface area contributed by atoms with Crippen molar-refractivity contribution in [3.05, 3.63) is 50.7 Å². The topological polar surface area (TPSA) is 22.1 Å². The summed E-state index contributed by atoms with van der Waals surface area (Å²) in [4.78, 5) is 4.08. The predicted molar refractivity (Wildman–Crippen MR) is 78.0 cm³/mol. The van der Waals surface area contributed by atoms with Gasteiger partial charge in [-0.15, -0.1) is 11.6 Å². The smallest absolute Gasteiger partial charge is 0.147 e. The zero-order chi connectivity index (χ0) is 13.1. The first-order valence-corrected chi connectivity index (χ1v) is 7.02. The van der Waals surface area contributed by atoms with E-state index in [0.717, 1.165) is 10.2 Å². The Morgan fingerprint density at radius 1 is 1.17 bits per heavy atom. The van der Waals surface area contributed by atoms with Crippen LogP contribution >= 0.6 is 50.7 Å². The molecule has 1 heterocycles. The van der Waals surface area contributed by atoms with Crippen molar-refractivity contribution in [2.45, 2.75) is 5.88 Å². The fourth-order valence-corrected chi connectivity index (χ4v) is 2.28. The monoisotopic (exact) mass is 365 g/mol. The van der Waals surface area contributed by atoms with Crippen LogP contribution in [0.15, 0.2) is 34.9 Å². The fraction of sp³-hybridized carbons (Fsp3) is 0.0833. The Morgan fingerprint density at radius 3 is 2.67 bits per heavy atom. The summed E-state index contributed by atoms with van der Waals surface area (Å²) in [7, 11) is 0. The quantitative estimate of drug-likeness (QED) is 0.514. The first kappa shape index (κ1) is 13.9. The van der Waals surface area contributed by atoms with E-state index >= 15 is 0 Å². The second-order valence-electron chi connectivity index (χ2n) is 3.42. The maximum atomic E-state index is 6.07. The minimum absolute atomic E-state index is 0.325. The van der Waals surface area contributed by atoms with Crippen molar-refractivity contribution < 1.29 is 4.74 Å². The van der Waals surface area contributed by atoms with E-state index in [1.807, 2.05) is 0 Å². The van der Waals surface area contributed by atoms with Crippen molar-refractivity contribution in [1.29, 1.82) is 0 Å². The number of pyridine rings is 1. The van der Waals surface area contributed by atoms with Gasteiger partial charge in [0.2, 0.25) is 0 Å².